The number of halogens is 2. The fraction of sp³-hybridized carbons (Fsp3) is 0.231. The van der Waals surface area contributed by atoms with Gasteiger partial charge in [0.15, 0.2) is 5.16 Å². The van der Waals surface area contributed by atoms with Gasteiger partial charge in [0.1, 0.15) is 23.4 Å². The van der Waals surface area contributed by atoms with Crippen LogP contribution >= 0.6 is 35.0 Å². The van der Waals surface area contributed by atoms with Crippen molar-refractivity contribution in [3.05, 3.63) is 109 Å². The first-order chi connectivity index (χ1) is 17.2. The number of aromatic nitrogens is 3. The molecule has 7 nitrogen and oxygen atoms in total. The predicted molar refractivity (Wildman–Crippen MR) is 143 cm³/mol. The first-order valence-corrected chi connectivity index (χ1v) is 12.8. The zero-order valence-corrected chi connectivity index (χ0v) is 22.3. The van der Waals surface area contributed by atoms with Gasteiger partial charge in [0.05, 0.1) is 0 Å². The Morgan fingerprint density at radius 2 is 1.81 bits per heavy atom. The Morgan fingerprint density at radius 1 is 1.03 bits per heavy atom. The Bertz CT molecular complexity index is 1410. The molecule has 0 aliphatic rings. The summed E-state index contributed by atoms with van der Waals surface area (Å²) in [6, 6.07) is 18.6. The Balaban J connectivity index is 1.66. The van der Waals surface area contributed by atoms with Crippen LogP contribution in [0.25, 0.3) is 5.69 Å². The van der Waals surface area contributed by atoms with Crippen molar-refractivity contribution in [3.8, 4) is 11.4 Å². The molecule has 0 spiro atoms. The van der Waals surface area contributed by atoms with Crippen LogP contribution in [0.5, 0.6) is 5.75 Å². The summed E-state index contributed by atoms with van der Waals surface area (Å²) in [6.07, 6.45) is 0. The highest BCUT2D eigenvalue weighted by atomic mass is 35.5. The molecule has 3 aromatic carbocycles. The topological polar surface area (TPSA) is 83.1 Å². The maximum atomic E-state index is 11.7. The lowest BCUT2D eigenvalue weighted by atomic mass is 10.1. The lowest BCUT2D eigenvalue weighted by molar-refractivity contribution is -0.479. The normalized spacial score (nSPS) is 11.9. The molecule has 0 saturated heterocycles. The van der Waals surface area contributed by atoms with E-state index in [1.54, 1.807) is 24.3 Å². The summed E-state index contributed by atoms with van der Waals surface area (Å²) >= 11 is 13.6. The number of para-hydroxylation sites is 1. The summed E-state index contributed by atoms with van der Waals surface area (Å²) in [4.78, 5) is 11.3. The summed E-state index contributed by atoms with van der Waals surface area (Å²) in [5.74, 6) is 1.24. The van der Waals surface area contributed by atoms with E-state index in [1.165, 1.54) is 17.3 Å². The molecule has 10 heteroatoms. The van der Waals surface area contributed by atoms with Gasteiger partial charge in [0.2, 0.25) is 6.54 Å². The van der Waals surface area contributed by atoms with Crippen molar-refractivity contribution in [2.45, 2.75) is 37.8 Å². The molecule has 36 heavy (non-hydrogen) atoms. The third-order valence-corrected chi connectivity index (χ3v) is 7.52. The molecule has 0 amide bonds. The number of hydrogen-bond donors (Lipinski definition) is 0. The molecule has 0 saturated carbocycles. The molecule has 4 aromatic rings. The Kier molecular flexibility index (Phi) is 8.18. The lowest BCUT2D eigenvalue weighted by Crippen LogP contribution is -2.12. The van der Waals surface area contributed by atoms with E-state index in [0.29, 0.717) is 32.3 Å². The van der Waals surface area contributed by atoms with Gasteiger partial charge in [-0.15, -0.1) is 10.2 Å². The van der Waals surface area contributed by atoms with Gasteiger partial charge in [0.25, 0.3) is 0 Å². The zero-order chi connectivity index (χ0) is 25.8. The van der Waals surface area contributed by atoms with Crippen LogP contribution in [0.4, 0.5) is 0 Å². The average molecular weight is 543 g/mol. The highest BCUT2D eigenvalue weighted by Gasteiger charge is 2.26. The van der Waals surface area contributed by atoms with Crippen LogP contribution in [0.1, 0.15) is 33.3 Å². The Hall–Kier alpha value is -3.07. The van der Waals surface area contributed by atoms with E-state index in [2.05, 4.69) is 23.2 Å². The van der Waals surface area contributed by atoms with E-state index in [1.807, 2.05) is 48.7 Å². The van der Waals surface area contributed by atoms with Crippen LogP contribution in [-0.4, -0.2) is 26.2 Å². The molecule has 0 bridgehead atoms. The summed E-state index contributed by atoms with van der Waals surface area (Å²) in [5, 5.41) is 21.3. The highest BCUT2D eigenvalue weighted by Crippen LogP contribution is 2.40. The van der Waals surface area contributed by atoms with Crippen molar-refractivity contribution in [2.24, 2.45) is 0 Å². The largest absolute Gasteiger partial charge is 0.489 e. The number of rotatable bonds is 9. The van der Waals surface area contributed by atoms with Crippen LogP contribution in [0.3, 0.4) is 0 Å². The molecule has 186 valence electrons. The van der Waals surface area contributed by atoms with Crippen molar-refractivity contribution in [1.29, 1.82) is 0 Å². The molecule has 1 aromatic heterocycles. The molecule has 4 rings (SSSR count). The molecular weight excluding hydrogens is 519 g/mol. The van der Waals surface area contributed by atoms with E-state index in [0.717, 1.165) is 16.8 Å². The predicted octanol–water partition coefficient (Wildman–Crippen LogP) is 7.19. The minimum Gasteiger partial charge on any atom is -0.489 e. The quantitative estimate of drug-likeness (QED) is 0.126. The standard InChI is InChI=1S/C26H24Cl2N4O3S/c1-16-8-11-21(12-17(16)2)32-18(3)29-30-26(32)36-25(14-31(33)34)22-6-4-5-7-24(22)35-15-19-9-10-20(27)13-23(19)28/h4-13,25H,14-15H2,1-3H3/t25-/m0/s1. The van der Waals surface area contributed by atoms with Crippen molar-refractivity contribution in [2.75, 3.05) is 6.54 Å². The first-order valence-electron chi connectivity index (χ1n) is 11.2. The lowest BCUT2D eigenvalue weighted by Gasteiger charge is -2.18. The second-order valence-corrected chi connectivity index (χ2v) is 10.3. The molecule has 0 aliphatic carbocycles. The molecule has 0 N–H and O–H groups in total. The first kappa shape index (κ1) is 26.0. The second-order valence-electron chi connectivity index (χ2n) is 8.32. The Morgan fingerprint density at radius 3 is 2.53 bits per heavy atom. The number of nitrogens with zero attached hydrogens (tertiary/aromatic N) is 4. The minimum absolute atomic E-state index is 0.195. The molecule has 0 radical (unpaired) electrons. The summed E-state index contributed by atoms with van der Waals surface area (Å²) in [7, 11) is 0. The molecule has 0 fully saturated rings. The van der Waals surface area contributed by atoms with Gasteiger partial charge in [-0.25, -0.2) is 0 Å². The van der Waals surface area contributed by atoms with Crippen LogP contribution in [0, 0.1) is 30.9 Å². The van der Waals surface area contributed by atoms with Gasteiger partial charge in [-0.2, -0.15) is 0 Å². The van der Waals surface area contributed by atoms with E-state index in [-0.39, 0.29) is 18.1 Å². The van der Waals surface area contributed by atoms with E-state index < -0.39 is 5.25 Å². The average Bonchev–Trinajstić information content (AvgIpc) is 3.19. The number of hydrogen-bond acceptors (Lipinski definition) is 6. The monoisotopic (exact) mass is 542 g/mol. The molecule has 0 unspecified atom stereocenters. The van der Waals surface area contributed by atoms with E-state index in [4.69, 9.17) is 27.9 Å². The molecular formula is C26H24Cl2N4O3S. The van der Waals surface area contributed by atoms with Crippen molar-refractivity contribution < 1.29 is 9.66 Å². The van der Waals surface area contributed by atoms with Crippen LogP contribution in [0.15, 0.2) is 65.8 Å². The summed E-state index contributed by atoms with van der Waals surface area (Å²) < 4.78 is 8.00. The number of thioether (sulfide) groups is 1. The van der Waals surface area contributed by atoms with Gasteiger partial charge in [-0.1, -0.05) is 65.3 Å². The summed E-state index contributed by atoms with van der Waals surface area (Å²) in [6.45, 7) is 5.84. The second kappa shape index (κ2) is 11.3. The van der Waals surface area contributed by atoms with Gasteiger partial charge in [-0.3, -0.25) is 14.7 Å². The number of nitro groups is 1. The van der Waals surface area contributed by atoms with Crippen LogP contribution in [-0.2, 0) is 6.61 Å². The van der Waals surface area contributed by atoms with E-state index in [9.17, 15) is 10.1 Å². The van der Waals surface area contributed by atoms with Crippen molar-refractivity contribution in [3.63, 3.8) is 0 Å². The highest BCUT2D eigenvalue weighted by molar-refractivity contribution is 7.99. The number of benzene rings is 3. The van der Waals surface area contributed by atoms with Gasteiger partial charge in [-0.05, 0) is 62.2 Å². The van der Waals surface area contributed by atoms with Gasteiger partial charge in [0, 0.05) is 31.8 Å². The fourth-order valence-electron chi connectivity index (χ4n) is 3.72. The fourth-order valence-corrected chi connectivity index (χ4v) is 5.38. The van der Waals surface area contributed by atoms with Gasteiger partial charge >= 0.3 is 0 Å². The smallest absolute Gasteiger partial charge is 0.220 e. The maximum absolute atomic E-state index is 11.7. The zero-order valence-electron chi connectivity index (χ0n) is 19.9. The van der Waals surface area contributed by atoms with Crippen molar-refractivity contribution in [1.82, 2.24) is 14.8 Å². The molecule has 1 atom stereocenters. The number of aryl methyl sites for hydroxylation is 3. The minimum atomic E-state index is -0.564. The Labute approximate surface area is 223 Å². The van der Waals surface area contributed by atoms with Crippen LogP contribution < -0.4 is 4.74 Å². The molecule has 0 aliphatic heterocycles. The van der Waals surface area contributed by atoms with E-state index >= 15 is 0 Å². The van der Waals surface area contributed by atoms with Gasteiger partial charge < -0.3 is 4.74 Å². The molecule has 1 heterocycles. The third-order valence-electron chi connectivity index (χ3n) is 5.77. The number of ether oxygens (including phenoxy) is 1. The van der Waals surface area contributed by atoms with Crippen molar-refractivity contribution >= 4 is 35.0 Å². The SMILES string of the molecule is Cc1ccc(-n2c(C)nnc2S[C@@H](C[N+](=O)[O-])c2ccccc2OCc2ccc(Cl)cc2Cl)cc1C. The third kappa shape index (κ3) is 6.00. The maximum Gasteiger partial charge on any atom is 0.220 e. The van der Waals surface area contributed by atoms with Crippen LogP contribution in [0.2, 0.25) is 10.0 Å². The summed E-state index contributed by atoms with van der Waals surface area (Å²) in [5.41, 5.74) is 4.68.